The highest BCUT2D eigenvalue weighted by molar-refractivity contribution is 6.03. The Morgan fingerprint density at radius 1 is 1.18 bits per heavy atom. The number of nitrogens with two attached hydrogens (primary N) is 1. The second-order valence-corrected chi connectivity index (χ2v) is 3.77. The molecule has 1 heterocycles. The number of nitrogen functional groups attached to an aromatic ring is 1. The van der Waals surface area contributed by atoms with Gasteiger partial charge in [0.15, 0.2) is 0 Å². The maximum absolute atomic E-state index is 11.8. The smallest absolute Gasteiger partial charge is 0.274 e. The molecule has 17 heavy (non-hydrogen) atoms. The number of nitrogens with one attached hydrogen (secondary N) is 1. The highest BCUT2D eigenvalue weighted by Gasteiger charge is 2.07. The second-order valence-electron chi connectivity index (χ2n) is 3.77. The van der Waals surface area contributed by atoms with Crippen LogP contribution in [0, 0.1) is 6.92 Å². The fraction of sp³-hybridized carbons (Fsp3) is 0.0769. The number of hydrogen-bond acceptors (Lipinski definition) is 3. The predicted molar refractivity (Wildman–Crippen MR) is 67.8 cm³/mol. The third-order valence-corrected chi connectivity index (χ3v) is 2.31. The van der Waals surface area contributed by atoms with Gasteiger partial charge in [0.25, 0.3) is 5.91 Å². The van der Waals surface area contributed by atoms with Gasteiger partial charge in [0.2, 0.25) is 0 Å². The molecule has 1 amide bonds. The van der Waals surface area contributed by atoms with Gasteiger partial charge in [-0.2, -0.15) is 0 Å². The zero-order valence-corrected chi connectivity index (χ0v) is 9.47. The SMILES string of the molecule is Cc1ccc(NC(=O)c2cccc(N)n2)cc1. The van der Waals surface area contributed by atoms with Gasteiger partial charge < -0.3 is 11.1 Å². The lowest BCUT2D eigenvalue weighted by atomic mass is 10.2. The maximum Gasteiger partial charge on any atom is 0.274 e. The number of hydrogen-bond donors (Lipinski definition) is 2. The van der Waals surface area contributed by atoms with Crippen molar-refractivity contribution in [2.75, 3.05) is 11.1 Å². The van der Waals surface area contributed by atoms with Gasteiger partial charge in [0.1, 0.15) is 11.5 Å². The molecule has 0 aliphatic carbocycles. The van der Waals surface area contributed by atoms with Crippen molar-refractivity contribution >= 4 is 17.4 Å². The molecule has 2 aromatic rings. The van der Waals surface area contributed by atoms with E-state index in [-0.39, 0.29) is 5.91 Å². The summed E-state index contributed by atoms with van der Waals surface area (Å²) >= 11 is 0. The minimum Gasteiger partial charge on any atom is -0.384 e. The minimum absolute atomic E-state index is 0.263. The first-order valence-electron chi connectivity index (χ1n) is 5.26. The molecule has 0 radical (unpaired) electrons. The number of aromatic nitrogens is 1. The summed E-state index contributed by atoms with van der Waals surface area (Å²) in [6, 6.07) is 12.5. The normalized spacial score (nSPS) is 9.94. The summed E-state index contributed by atoms with van der Waals surface area (Å²) in [6.45, 7) is 1.99. The molecule has 0 aliphatic rings. The van der Waals surface area contributed by atoms with Crippen molar-refractivity contribution in [2.24, 2.45) is 0 Å². The molecule has 0 fully saturated rings. The number of anilines is 2. The van der Waals surface area contributed by atoms with E-state index in [1.807, 2.05) is 31.2 Å². The van der Waals surface area contributed by atoms with E-state index in [2.05, 4.69) is 10.3 Å². The number of rotatable bonds is 2. The van der Waals surface area contributed by atoms with Gasteiger partial charge in [-0.25, -0.2) is 4.98 Å². The summed E-state index contributed by atoms with van der Waals surface area (Å²) in [5, 5.41) is 2.76. The lowest BCUT2D eigenvalue weighted by molar-refractivity contribution is 0.102. The Morgan fingerprint density at radius 2 is 1.88 bits per heavy atom. The molecule has 1 aromatic heterocycles. The molecule has 0 spiro atoms. The van der Waals surface area contributed by atoms with E-state index in [0.29, 0.717) is 11.5 Å². The lowest BCUT2D eigenvalue weighted by Gasteiger charge is -2.05. The van der Waals surface area contributed by atoms with Crippen molar-refractivity contribution in [2.45, 2.75) is 6.92 Å². The number of pyridine rings is 1. The van der Waals surface area contributed by atoms with Crippen LogP contribution in [0.5, 0.6) is 0 Å². The Bertz CT molecular complexity index is 535. The molecule has 3 N–H and O–H groups in total. The number of carbonyl (C=O) groups is 1. The highest BCUT2D eigenvalue weighted by Crippen LogP contribution is 2.10. The van der Waals surface area contributed by atoms with Crippen LogP contribution < -0.4 is 11.1 Å². The van der Waals surface area contributed by atoms with Crippen LogP contribution in [-0.2, 0) is 0 Å². The summed E-state index contributed by atoms with van der Waals surface area (Å²) in [5.41, 5.74) is 7.71. The molecule has 0 saturated carbocycles. The van der Waals surface area contributed by atoms with E-state index < -0.39 is 0 Å². The van der Waals surface area contributed by atoms with Gasteiger partial charge >= 0.3 is 0 Å². The Morgan fingerprint density at radius 3 is 2.53 bits per heavy atom. The average Bonchev–Trinajstić information content (AvgIpc) is 2.32. The van der Waals surface area contributed by atoms with E-state index in [1.165, 1.54) is 0 Å². The van der Waals surface area contributed by atoms with Crippen molar-refractivity contribution in [1.82, 2.24) is 4.98 Å². The quantitative estimate of drug-likeness (QED) is 0.826. The zero-order valence-electron chi connectivity index (χ0n) is 9.47. The Balaban J connectivity index is 2.14. The van der Waals surface area contributed by atoms with Gasteiger partial charge in [-0.1, -0.05) is 23.8 Å². The molecule has 1 aromatic carbocycles. The lowest BCUT2D eigenvalue weighted by Crippen LogP contribution is -2.14. The first kappa shape index (κ1) is 11.1. The molecule has 0 saturated heterocycles. The fourth-order valence-corrected chi connectivity index (χ4v) is 1.41. The van der Waals surface area contributed by atoms with E-state index in [9.17, 15) is 4.79 Å². The topological polar surface area (TPSA) is 68.0 Å². The van der Waals surface area contributed by atoms with E-state index in [4.69, 9.17) is 5.73 Å². The summed E-state index contributed by atoms with van der Waals surface area (Å²) in [6.07, 6.45) is 0. The molecule has 86 valence electrons. The van der Waals surface area contributed by atoms with Crippen molar-refractivity contribution in [1.29, 1.82) is 0 Å². The molecule has 0 unspecified atom stereocenters. The van der Waals surface area contributed by atoms with Crippen LogP contribution in [0.2, 0.25) is 0 Å². The predicted octanol–water partition coefficient (Wildman–Crippen LogP) is 2.22. The number of nitrogens with zero attached hydrogens (tertiary/aromatic N) is 1. The summed E-state index contributed by atoms with van der Waals surface area (Å²) in [5.74, 6) is 0.0720. The van der Waals surface area contributed by atoms with Gasteiger partial charge in [-0.15, -0.1) is 0 Å². The van der Waals surface area contributed by atoms with Crippen LogP contribution in [0.15, 0.2) is 42.5 Å². The molecule has 2 rings (SSSR count). The third-order valence-electron chi connectivity index (χ3n) is 2.31. The first-order chi connectivity index (χ1) is 8.15. The van der Waals surface area contributed by atoms with Crippen LogP contribution in [-0.4, -0.2) is 10.9 Å². The summed E-state index contributed by atoms with van der Waals surface area (Å²) in [7, 11) is 0. The van der Waals surface area contributed by atoms with Crippen LogP contribution >= 0.6 is 0 Å². The summed E-state index contributed by atoms with van der Waals surface area (Å²) < 4.78 is 0. The van der Waals surface area contributed by atoms with Crippen LogP contribution in [0.3, 0.4) is 0 Å². The van der Waals surface area contributed by atoms with E-state index in [1.54, 1.807) is 18.2 Å². The first-order valence-corrected chi connectivity index (χ1v) is 5.26. The second kappa shape index (κ2) is 4.65. The number of benzene rings is 1. The molecule has 4 heteroatoms. The van der Waals surface area contributed by atoms with Crippen LogP contribution in [0.4, 0.5) is 11.5 Å². The van der Waals surface area contributed by atoms with Crippen molar-refractivity contribution in [3.63, 3.8) is 0 Å². The average molecular weight is 227 g/mol. The number of carbonyl (C=O) groups excluding carboxylic acids is 1. The molecule has 0 atom stereocenters. The largest absolute Gasteiger partial charge is 0.384 e. The van der Waals surface area contributed by atoms with Crippen molar-refractivity contribution < 1.29 is 4.79 Å². The van der Waals surface area contributed by atoms with Crippen LogP contribution in [0.25, 0.3) is 0 Å². The molecule has 0 bridgehead atoms. The molecular weight excluding hydrogens is 214 g/mol. The summed E-state index contributed by atoms with van der Waals surface area (Å²) in [4.78, 5) is 15.8. The third kappa shape index (κ3) is 2.81. The highest BCUT2D eigenvalue weighted by atomic mass is 16.1. The van der Waals surface area contributed by atoms with Gasteiger partial charge in [-0.05, 0) is 31.2 Å². The maximum atomic E-state index is 11.8. The van der Waals surface area contributed by atoms with Crippen molar-refractivity contribution in [3.05, 3.63) is 53.7 Å². The molecule has 4 nitrogen and oxygen atoms in total. The van der Waals surface area contributed by atoms with Gasteiger partial charge in [-0.3, -0.25) is 4.79 Å². The molecular formula is C13H13N3O. The van der Waals surface area contributed by atoms with E-state index in [0.717, 1.165) is 11.3 Å². The number of amides is 1. The Hall–Kier alpha value is -2.36. The standard InChI is InChI=1S/C13H13N3O/c1-9-5-7-10(8-6-9)15-13(17)11-3-2-4-12(14)16-11/h2-8H,1H3,(H2,14,16)(H,15,17). The fourth-order valence-electron chi connectivity index (χ4n) is 1.41. The Kier molecular flexibility index (Phi) is 3.05. The van der Waals surface area contributed by atoms with Gasteiger partial charge in [0, 0.05) is 5.69 Å². The molecule has 0 aliphatic heterocycles. The van der Waals surface area contributed by atoms with Crippen LogP contribution in [0.1, 0.15) is 16.1 Å². The Labute approximate surface area is 99.5 Å². The minimum atomic E-state index is -0.263. The van der Waals surface area contributed by atoms with Gasteiger partial charge in [0.05, 0.1) is 0 Å². The zero-order chi connectivity index (χ0) is 12.3. The van der Waals surface area contributed by atoms with E-state index >= 15 is 0 Å². The monoisotopic (exact) mass is 227 g/mol. The van der Waals surface area contributed by atoms with Crippen molar-refractivity contribution in [3.8, 4) is 0 Å². The number of aryl methyl sites for hydroxylation is 1.